The third-order valence-corrected chi connectivity index (χ3v) is 3.95. The van der Waals surface area contributed by atoms with E-state index in [-0.39, 0.29) is 0 Å². The first-order valence-electron chi connectivity index (χ1n) is 6.39. The number of anilines is 1. The van der Waals surface area contributed by atoms with Gasteiger partial charge >= 0.3 is 0 Å². The standard InChI is InChI=1S/C13H16N6S/c1-18(8-10-3-2-6-20-10)12-11-7-17-19(5-4-14)13(11)16-9-15-12/h2-3,6-7,9H,4-5,8,14H2,1H3. The monoisotopic (exact) mass is 288 g/mol. The van der Waals surface area contributed by atoms with E-state index in [0.29, 0.717) is 13.1 Å². The summed E-state index contributed by atoms with van der Waals surface area (Å²) in [6.07, 6.45) is 3.39. The number of nitrogens with zero attached hydrogens (tertiary/aromatic N) is 5. The van der Waals surface area contributed by atoms with E-state index in [1.165, 1.54) is 4.88 Å². The van der Waals surface area contributed by atoms with Crippen molar-refractivity contribution in [2.75, 3.05) is 18.5 Å². The van der Waals surface area contributed by atoms with Crippen LogP contribution in [0.1, 0.15) is 4.88 Å². The van der Waals surface area contributed by atoms with Gasteiger partial charge in [0.2, 0.25) is 0 Å². The Morgan fingerprint density at radius 3 is 3.05 bits per heavy atom. The lowest BCUT2D eigenvalue weighted by Gasteiger charge is -2.17. The molecule has 0 spiro atoms. The summed E-state index contributed by atoms with van der Waals surface area (Å²) in [4.78, 5) is 12.1. The van der Waals surface area contributed by atoms with E-state index in [9.17, 15) is 0 Å². The Morgan fingerprint density at radius 2 is 2.30 bits per heavy atom. The first kappa shape index (κ1) is 13.0. The first-order chi connectivity index (χ1) is 9.79. The van der Waals surface area contributed by atoms with Gasteiger partial charge in [-0.3, -0.25) is 0 Å². The minimum atomic E-state index is 0.543. The summed E-state index contributed by atoms with van der Waals surface area (Å²) >= 11 is 1.74. The zero-order chi connectivity index (χ0) is 13.9. The van der Waals surface area contributed by atoms with E-state index in [2.05, 4.69) is 37.5 Å². The van der Waals surface area contributed by atoms with Gasteiger partial charge in [0.05, 0.1) is 24.7 Å². The zero-order valence-electron chi connectivity index (χ0n) is 11.2. The van der Waals surface area contributed by atoms with E-state index in [4.69, 9.17) is 5.73 Å². The fourth-order valence-electron chi connectivity index (χ4n) is 2.18. The second-order valence-electron chi connectivity index (χ2n) is 4.53. The number of nitrogens with two attached hydrogens (primary N) is 1. The highest BCUT2D eigenvalue weighted by atomic mass is 32.1. The molecule has 0 aliphatic rings. The largest absolute Gasteiger partial charge is 0.354 e. The maximum Gasteiger partial charge on any atom is 0.163 e. The van der Waals surface area contributed by atoms with Crippen LogP contribution in [0.2, 0.25) is 0 Å². The number of aromatic nitrogens is 4. The van der Waals surface area contributed by atoms with E-state index >= 15 is 0 Å². The Labute approximate surface area is 120 Å². The molecule has 0 aliphatic carbocycles. The van der Waals surface area contributed by atoms with Gasteiger partial charge in [0.15, 0.2) is 5.65 Å². The van der Waals surface area contributed by atoms with E-state index in [0.717, 1.165) is 23.4 Å². The molecule has 3 heterocycles. The molecule has 0 fully saturated rings. The van der Waals surface area contributed by atoms with Crippen LogP contribution in [-0.2, 0) is 13.1 Å². The van der Waals surface area contributed by atoms with Crippen molar-refractivity contribution >= 4 is 28.2 Å². The van der Waals surface area contributed by atoms with Crippen LogP contribution in [0.4, 0.5) is 5.82 Å². The molecule has 0 radical (unpaired) electrons. The maximum absolute atomic E-state index is 5.59. The molecule has 0 bridgehead atoms. The number of fused-ring (bicyclic) bond motifs is 1. The van der Waals surface area contributed by atoms with Gasteiger partial charge in [-0.15, -0.1) is 11.3 Å². The fourth-order valence-corrected chi connectivity index (χ4v) is 2.94. The van der Waals surface area contributed by atoms with Crippen molar-refractivity contribution in [1.29, 1.82) is 0 Å². The summed E-state index contributed by atoms with van der Waals surface area (Å²) in [6, 6.07) is 4.18. The fraction of sp³-hybridized carbons (Fsp3) is 0.308. The molecule has 0 aromatic carbocycles. The molecular weight excluding hydrogens is 272 g/mol. The Balaban J connectivity index is 1.94. The van der Waals surface area contributed by atoms with Crippen LogP contribution < -0.4 is 10.6 Å². The highest BCUT2D eigenvalue weighted by Gasteiger charge is 2.13. The van der Waals surface area contributed by atoms with Crippen molar-refractivity contribution < 1.29 is 0 Å². The molecule has 0 amide bonds. The quantitative estimate of drug-likeness (QED) is 0.770. The molecule has 7 heteroatoms. The molecule has 0 saturated carbocycles. The van der Waals surface area contributed by atoms with Gasteiger partial charge in [0.1, 0.15) is 12.1 Å². The molecule has 0 aliphatic heterocycles. The third-order valence-electron chi connectivity index (χ3n) is 3.09. The predicted octanol–water partition coefficient (Wildman–Crippen LogP) is 1.48. The molecular formula is C13H16N6S. The number of thiophene rings is 1. The van der Waals surface area contributed by atoms with Crippen molar-refractivity contribution in [3.63, 3.8) is 0 Å². The lowest BCUT2D eigenvalue weighted by Crippen LogP contribution is -2.17. The Bertz CT molecular complexity index is 690. The topological polar surface area (TPSA) is 72.9 Å². The van der Waals surface area contributed by atoms with E-state index in [1.54, 1.807) is 17.7 Å². The van der Waals surface area contributed by atoms with Gasteiger partial charge in [0.25, 0.3) is 0 Å². The third kappa shape index (κ3) is 2.37. The van der Waals surface area contributed by atoms with Crippen LogP contribution in [0.15, 0.2) is 30.0 Å². The maximum atomic E-state index is 5.59. The molecule has 0 saturated heterocycles. The van der Waals surface area contributed by atoms with Gasteiger partial charge in [-0.1, -0.05) is 6.07 Å². The SMILES string of the molecule is CN(Cc1cccs1)c1ncnc2c1cnn2CCN. The smallest absolute Gasteiger partial charge is 0.163 e. The molecule has 20 heavy (non-hydrogen) atoms. The minimum Gasteiger partial charge on any atom is -0.354 e. The van der Waals surface area contributed by atoms with Crippen molar-refractivity contribution in [3.05, 3.63) is 34.9 Å². The highest BCUT2D eigenvalue weighted by Crippen LogP contribution is 2.23. The van der Waals surface area contributed by atoms with Gasteiger partial charge in [-0.05, 0) is 11.4 Å². The van der Waals surface area contributed by atoms with Crippen LogP contribution >= 0.6 is 11.3 Å². The number of hydrogen-bond donors (Lipinski definition) is 1. The predicted molar refractivity (Wildman–Crippen MR) is 80.8 cm³/mol. The van der Waals surface area contributed by atoms with Gasteiger partial charge in [-0.2, -0.15) is 5.10 Å². The van der Waals surface area contributed by atoms with Gasteiger partial charge < -0.3 is 10.6 Å². The van der Waals surface area contributed by atoms with E-state index in [1.807, 2.05) is 17.9 Å². The number of rotatable bonds is 5. The van der Waals surface area contributed by atoms with E-state index < -0.39 is 0 Å². The summed E-state index contributed by atoms with van der Waals surface area (Å²) in [6.45, 7) is 2.03. The second-order valence-corrected chi connectivity index (χ2v) is 5.56. The summed E-state index contributed by atoms with van der Waals surface area (Å²) in [5.74, 6) is 0.895. The molecule has 2 N–H and O–H groups in total. The molecule has 3 aromatic rings. The highest BCUT2D eigenvalue weighted by molar-refractivity contribution is 7.09. The first-order valence-corrected chi connectivity index (χ1v) is 7.27. The molecule has 3 aromatic heterocycles. The molecule has 0 unspecified atom stereocenters. The Kier molecular flexibility index (Phi) is 3.62. The van der Waals surface area contributed by atoms with Crippen molar-refractivity contribution in [2.24, 2.45) is 5.73 Å². The van der Waals surface area contributed by atoms with Crippen LogP contribution in [0.25, 0.3) is 11.0 Å². The van der Waals surface area contributed by atoms with Gasteiger partial charge in [-0.25, -0.2) is 14.6 Å². The summed E-state index contributed by atoms with van der Waals surface area (Å²) in [5, 5.41) is 7.37. The lowest BCUT2D eigenvalue weighted by molar-refractivity contribution is 0.640. The minimum absolute atomic E-state index is 0.543. The lowest BCUT2D eigenvalue weighted by atomic mass is 10.3. The summed E-state index contributed by atoms with van der Waals surface area (Å²) in [7, 11) is 2.03. The molecule has 6 nitrogen and oxygen atoms in total. The van der Waals surface area contributed by atoms with Crippen LogP contribution in [0.5, 0.6) is 0 Å². The molecule has 0 atom stereocenters. The summed E-state index contributed by atoms with van der Waals surface area (Å²) < 4.78 is 1.82. The average Bonchev–Trinajstić information content (AvgIpc) is 3.09. The zero-order valence-corrected chi connectivity index (χ0v) is 12.0. The van der Waals surface area contributed by atoms with Gasteiger partial charge in [0, 0.05) is 18.5 Å². The van der Waals surface area contributed by atoms with Crippen molar-refractivity contribution in [3.8, 4) is 0 Å². The second kappa shape index (κ2) is 5.56. The molecule has 3 rings (SSSR count). The van der Waals surface area contributed by atoms with Crippen molar-refractivity contribution in [1.82, 2.24) is 19.7 Å². The van der Waals surface area contributed by atoms with Crippen LogP contribution in [-0.4, -0.2) is 33.3 Å². The Hall–Kier alpha value is -1.99. The normalized spacial score (nSPS) is 11.1. The average molecular weight is 288 g/mol. The molecule has 104 valence electrons. The Morgan fingerprint density at radius 1 is 1.40 bits per heavy atom. The number of hydrogen-bond acceptors (Lipinski definition) is 6. The van der Waals surface area contributed by atoms with Crippen molar-refractivity contribution in [2.45, 2.75) is 13.1 Å². The van der Waals surface area contributed by atoms with Crippen LogP contribution in [0.3, 0.4) is 0 Å². The van der Waals surface area contributed by atoms with Crippen LogP contribution in [0, 0.1) is 0 Å². The summed E-state index contributed by atoms with van der Waals surface area (Å²) in [5.41, 5.74) is 6.42.